The molecule has 1 aromatic rings. The van der Waals surface area contributed by atoms with Gasteiger partial charge in [0.05, 0.1) is 0 Å². The number of hydrogen-bond donors (Lipinski definition) is 1. The minimum absolute atomic E-state index is 0.699. The Morgan fingerprint density at radius 3 is 3.00 bits per heavy atom. The molecule has 0 saturated heterocycles. The van der Waals surface area contributed by atoms with E-state index >= 15 is 0 Å². The Morgan fingerprint density at radius 1 is 1.70 bits per heavy atom. The SMILES string of the molecule is NCCCn1cnnc1Br. The van der Waals surface area contributed by atoms with Gasteiger partial charge >= 0.3 is 0 Å². The molecular weight excluding hydrogens is 196 g/mol. The third-order valence-corrected chi connectivity index (χ3v) is 1.79. The molecule has 0 aliphatic carbocycles. The molecule has 1 heterocycles. The van der Waals surface area contributed by atoms with Gasteiger partial charge in [-0.25, -0.2) is 0 Å². The second kappa shape index (κ2) is 3.68. The fourth-order valence-corrected chi connectivity index (χ4v) is 1.01. The molecule has 0 fully saturated rings. The van der Waals surface area contributed by atoms with Crippen molar-refractivity contribution in [1.29, 1.82) is 0 Å². The summed E-state index contributed by atoms with van der Waals surface area (Å²) < 4.78 is 2.67. The molecule has 0 bridgehead atoms. The quantitative estimate of drug-likeness (QED) is 0.776. The number of nitrogens with two attached hydrogens (primary N) is 1. The van der Waals surface area contributed by atoms with Crippen molar-refractivity contribution in [2.75, 3.05) is 6.54 Å². The smallest absolute Gasteiger partial charge is 0.199 e. The topological polar surface area (TPSA) is 56.7 Å². The zero-order valence-electron chi connectivity index (χ0n) is 5.50. The number of aromatic nitrogens is 3. The molecule has 0 aromatic carbocycles. The molecule has 10 heavy (non-hydrogen) atoms. The van der Waals surface area contributed by atoms with Gasteiger partial charge in [0.15, 0.2) is 4.73 Å². The van der Waals surface area contributed by atoms with Crippen molar-refractivity contribution in [1.82, 2.24) is 14.8 Å². The molecule has 0 aliphatic heterocycles. The summed E-state index contributed by atoms with van der Waals surface area (Å²) in [6.07, 6.45) is 2.64. The van der Waals surface area contributed by atoms with Crippen LogP contribution >= 0.6 is 15.9 Å². The Balaban J connectivity index is 2.49. The minimum Gasteiger partial charge on any atom is -0.330 e. The zero-order chi connectivity index (χ0) is 7.40. The van der Waals surface area contributed by atoms with Crippen LogP contribution in [0.25, 0.3) is 0 Å². The molecule has 2 N–H and O–H groups in total. The van der Waals surface area contributed by atoms with Crippen LogP contribution < -0.4 is 5.73 Å². The molecular formula is C5H9BrN4. The van der Waals surface area contributed by atoms with Gasteiger partial charge in [0, 0.05) is 6.54 Å². The first-order valence-electron chi connectivity index (χ1n) is 3.08. The maximum absolute atomic E-state index is 5.33. The van der Waals surface area contributed by atoms with Crippen molar-refractivity contribution < 1.29 is 0 Å². The fourth-order valence-electron chi connectivity index (χ4n) is 0.653. The van der Waals surface area contributed by atoms with Gasteiger partial charge in [0.2, 0.25) is 0 Å². The normalized spacial score (nSPS) is 10.2. The predicted octanol–water partition coefficient (Wildman–Crippen LogP) is 0.389. The molecule has 4 nitrogen and oxygen atoms in total. The van der Waals surface area contributed by atoms with Crippen LogP contribution in [-0.2, 0) is 6.54 Å². The third kappa shape index (κ3) is 1.78. The number of aryl methyl sites for hydroxylation is 1. The van der Waals surface area contributed by atoms with Crippen LogP contribution in [0.4, 0.5) is 0 Å². The molecule has 1 rings (SSSR count). The van der Waals surface area contributed by atoms with Crippen LogP contribution in [-0.4, -0.2) is 21.3 Å². The van der Waals surface area contributed by atoms with Crippen molar-refractivity contribution in [3.05, 3.63) is 11.1 Å². The van der Waals surface area contributed by atoms with Crippen molar-refractivity contribution in [2.45, 2.75) is 13.0 Å². The van der Waals surface area contributed by atoms with Gasteiger partial charge in [-0.05, 0) is 28.9 Å². The Morgan fingerprint density at radius 2 is 2.50 bits per heavy atom. The van der Waals surface area contributed by atoms with Crippen molar-refractivity contribution >= 4 is 15.9 Å². The summed E-state index contributed by atoms with van der Waals surface area (Å²) >= 11 is 3.24. The van der Waals surface area contributed by atoms with Crippen molar-refractivity contribution in [2.24, 2.45) is 5.73 Å². The van der Waals surface area contributed by atoms with Crippen LogP contribution in [0.5, 0.6) is 0 Å². The van der Waals surface area contributed by atoms with Crippen molar-refractivity contribution in [3.8, 4) is 0 Å². The van der Waals surface area contributed by atoms with Gasteiger partial charge in [0.25, 0.3) is 0 Å². The lowest BCUT2D eigenvalue weighted by molar-refractivity contribution is 0.637. The van der Waals surface area contributed by atoms with E-state index in [-0.39, 0.29) is 0 Å². The number of hydrogen-bond acceptors (Lipinski definition) is 3. The highest BCUT2D eigenvalue weighted by atomic mass is 79.9. The largest absolute Gasteiger partial charge is 0.330 e. The van der Waals surface area contributed by atoms with E-state index in [4.69, 9.17) is 5.73 Å². The minimum atomic E-state index is 0.699. The fraction of sp³-hybridized carbons (Fsp3) is 0.600. The molecule has 0 saturated carbocycles. The molecule has 56 valence electrons. The van der Waals surface area contributed by atoms with E-state index in [1.165, 1.54) is 0 Å². The highest BCUT2D eigenvalue weighted by Gasteiger charge is 1.96. The van der Waals surface area contributed by atoms with Gasteiger partial charge in [-0.3, -0.25) is 0 Å². The summed E-state index contributed by atoms with van der Waals surface area (Å²) in [6, 6.07) is 0. The van der Waals surface area contributed by atoms with E-state index < -0.39 is 0 Å². The average molecular weight is 205 g/mol. The molecule has 0 atom stereocenters. The number of halogens is 1. The van der Waals surface area contributed by atoms with Crippen LogP contribution in [0.1, 0.15) is 6.42 Å². The summed E-state index contributed by atoms with van der Waals surface area (Å²) in [5.74, 6) is 0. The van der Waals surface area contributed by atoms with Crippen LogP contribution in [0.3, 0.4) is 0 Å². The first-order valence-corrected chi connectivity index (χ1v) is 3.87. The first-order chi connectivity index (χ1) is 4.84. The molecule has 0 aliphatic rings. The van der Waals surface area contributed by atoms with Crippen LogP contribution in [0.15, 0.2) is 11.1 Å². The first kappa shape index (κ1) is 7.68. The summed E-state index contributed by atoms with van der Waals surface area (Å²) in [4.78, 5) is 0. The van der Waals surface area contributed by atoms with Gasteiger partial charge in [-0.2, -0.15) is 0 Å². The molecule has 1 aromatic heterocycles. The summed E-state index contributed by atoms with van der Waals surface area (Å²) in [5, 5.41) is 7.46. The lowest BCUT2D eigenvalue weighted by Crippen LogP contribution is -2.05. The molecule has 5 heteroatoms. The maximum atomic E-state index is 5.33. The monoisotopic (exact) mass is 204 g/mol. The third-order valence-electron chi connectivity index (χ3n) is 1.17. The predicted molar refractivity (Wildman–Crippen MR) is 41.4 cm³/mol. The Kier molecular flexibility index (Phi) is 2.82. The lowest BCUT2D eigenvalue weighted by atomic mass is 10.4. The second-order valence-electron chi connectivity index (χ2n) is 1.94. The van der Waals surface area contributed by atoms with Gasteiger partial charge in [-0.15, -0.1) is 10.2 Å². The molecule has 0 spiro atoms. The van der Waals surface area contributed by atoms with E-state index in [1.54, 1.807) is 6.33 Å². The Hall–Kier alpha value is -0.420. The van der Waals surface area contributed by atoms with E-state index in [2.05, 4.69) is 26.1 Å². The van der Waals surface area contributed by atoms with Crippen LogP contribution in [0.2, 0.25) is 0 Å². The highest BCUT2D eigenvalue weighted by molar-refractivity contribution is 9.10. The van der Waals surface area contributed by atoms with Crippen molar-refractivity contribution in [3.63, 3.8) is 0 Å². The summed E-state index contributed by atoms with van der Waals surface area (Å²) in [7, 11) is 0. The molecule has 0 radical (unpaired) electrons. The number of nitrogens with zero attached hydrogens (tertiary/aromatic N) is 3. The van der Waals surface area contributed by atoms with E-state index in [0.29, 0.717) is 6.54 Å². The standard InChI is InChI=1S/C5H9BrN4/c6-5-9-8-4-10(5)3-1-2-7/h4H,1-3,7H2. The van der Waals surface area contributed by atoms with E-state index in [1.807, 2.05) is 4.57 Å². The Bertz CT molecular complexity index is 197. The molecule has 0 amide bonds. The maximum Gasteiger partial charge on any atom is 0.199 e. The van der Waals surface area contributed by atoms with Crippen LogP contribution in [0, 0.1) is 0 Å². The van der Waals surface area contributed by atoms with Gasteiger partial charge in [0.1, 0.15) is 6.33 Å². The molecule has 0 unspecified atom stereocenters. The van der Waals surface area contributed by atoms with E-state index in [0.717, 1.165) is 17.7 Å². The number of rotatable bonds is 3. The lowest BCUT2D eigenvalue weighted by Gasteiger charge is -1.98. The average Bonchev–Trinajstić information content (AvgIpc) is 2.31. The van der Waals surface area contributed by atoms with Gasteiger partial charge in [-0.1, -0.05) is 0 Å². The van der Waals surface area contributed by atoms with Gasteiger partial charge < -0.3 is 10.3 Å². The highest BCUT2D eigenvalue weighted by Crippen LogP contribution is 2.03. The summed E-state index contributed by atoms with van der Waals surface area (Å²) in [6.45, 7) is 1.58. The summed E-state index contributed by atoms with van der Waals surface area (Å²) in [5.41, 5.74) is 5.33. The van der Waals surface area contributed by atoms with E-state index in [9.17, 15) is 0 Å². The Labute approximate surface area is 67.6 Å². The zero-order valence-corrected chi connectivity index (χ0v) is 7.08. The second-order valence-corrected chi connectivity index (χ2v) is 2.64.